The smallest absolute Gasteiger partial charge is 0.240 e. The molecule has 0 amide bonds. The number of aromatic nitrogens is 3. The lowest BCUT2D eigenvalue weighted by Crippen LogP contribution is -2.29. The van der Waals surface area contributed by atoms with Gasteiger partial charge in [-0.2, -0.15) is 0 Å². The van der Waals surface area contributed by atoms with E-state index in [0.29, 0.717) is 23.1 Å². The van der Waals surface area contributed by atoms with E-state index < -0.39 is 10.0 Å². The predicted molar refractivity (Wildman–Crippen MR) is 116 cm³/mol. The molecule has 1 aliphatic carbocycles. The van der Waals surface area contributed by atoms with Gasteiger partial charge in [-0.1, -0.05) is 6.07 Å². The molecule has 2 aromatic heterocycles. The first-order valence-corrected chi connectivity index (χ1v) is 11.4. The number of hydrogen-bond donors (Lipinski definition) is 3. The molecule has 0 saturated heterocycles. The fourth-order valence-corrected chi connectivity index (χ4v) is 4.50. The number of rotatable bonds is 8. The molecule has 9 heteroatoms. The lowest BCUT2D eigenvalue weighted by Gasteiger charge is -2.16. The quantitative estimate of drug-likeness (QED) is 0.477. The van der Waals surface area contributed by atoms with Crippen LogP contribution in [0.25, 0.3) is 0 Å². The van der Waals surface area contributed by atoms with Gasteiger partial charge in [-0.05, 0) is 73.2 Å². The Bertz CT molecular complexity index is 1090. The highest BCUT2D eigenvalue weighted by Gasteiger charge is 2.17. The Labute approximate surface area is 176 Å². The third-order valence-electron chi connectivity index (χ3n) is 4.95. The molecule has 1 aliphatic rings. The van der Waals surface area contributed by atoms with Gasteiger partial charge in [0.25, 0.3) is 0 Å². The minimum Gasteiger partial charge on any atom is -0.367 e. The van der Waals surface area contributed by atoms with Crippen LogP contribution in [0.15, 0.2) is 59.8 Å². The Kier molecular flexibility index (Phi) is 6.20. The first-order valence-electron chi connectivity index (χ1n) is 9.96. The minimum absolute atomic E-state index is 0.247. The molecule has 0 spiro atoms. The molecule has 0 bridgehead atoms. The number of nitrogens with zero attached hydrogens (tertiary/aromatic N) is 3. The third-order valence-corrected chi connectivity index (χ3v) is 6.41. The van der Waals surface area contributed by atoms with Gasteiger partial charge in [0.2, 0.25) is 10.0 Å². The van der Waals surface area contributed by atoms with Gasteiger partial charge < -0.3 is 10.6 Å². The summed E-state index contributed by atoms with van der Waals surface area (Å²) in [5.41, 5.74) is 3.24. The molecule has 0 fully saturated rings. The van der Waals surface area contributed by atoms with Gasteiger partial charge in [-0.15, -0.1) is 10.2 Å². The zero-order valence-corrected chi connectivity index (χ0v) is 17.3. The van der Waals surface area contributed by atoms with E-state index in [-0.39, 0.29) is 6.54 Å². The lowest BCUT2D eigenvalue weighted by atomic mass is 9.92. The zero-order chi connectivity index (χ0) is 20.8. The largest absolute Gasteiger partial charge is 0.367 e. The van der Waals surface area contributed by atoms with Crippen molar-refractivity contribution >= 4 is 27.3 Å². The number of pyridine rings is 1. The van der Waals surface area contributed by atoms with Crippen LogP contribution in [0.1, 0.15) is 24.0 Å². The topological polar surface area (TPSA) is 109 Å². The molecule has 0 atom stereocenters. The molecule has 8 nitrogen and oxygen atoms in total. The summed E-state index contributed by atoms with van der Waals surface area (Å²) in [4.78, 5) is 4.36. The second-order valence-electron chi connectivity index (χ2n) is 7.13. The van der Waals surface area contributed by atoms with Crippen molar-refractivity contribution in [1.29, 1.82) is 0 Å². The van der Waals surface area contributed by atoms with E-state index in [4.69, 9.17) is 0 Å². The number of sulfonamides is 1. The number of nitrogens with one attached hydrogen (secondary N) is 3. The van der Waals surface area contributed by atoms with Gasteiger partial charge in [-0.25, -0.2) is 13.1 Å². The van der Waals surface area contributed by atoms with E-state index in [1.165, 1.54) is 12.0 Å². The maximum atomic E-state index is 12.6. The van der Waals surface area contributed by atoms with E-state index in [2.05, 4.69) is 30.5 Å². The maximum Gasteiger partial charge on any atom is 0.240 e. The van der Waals surface area contributed by atoms with Crippen LogP contribution in [-0.4, -0.2) is 36.7 Å². The molecule has 0 saturated carbocycles. The van der Waals surface area contributed by atoms with Crippen LogP contribution < -0.4 is 15.4 Å². The van der Waals surface area contributed by atoms with Crippen LogP contribution in [0, 0.1) is 0 Å². The Morgan fingerprint density at radius 2 is 1.70 bits per heavy atom. The van der Waals surface area contributed by atoms with Crippen LogP contribution in [0.5, 0.6) is 0 Å². The van der Waals surface area contributed by atoms with Gasteiger partial charge in [0.1, 0.15) is 5.82 Å². The summed E-state index contributed by atoms with van der Waals surface area (Å²) in [7, 11) is -3.53. The first-order chi connectivity index (χ1) is 14.6. The molecule has 0 unspecified atom stereocenters. The van der Waals surface area contributed by atoms with E-state index >= 15 is 0 Å². The molecule has 0 aliphatic heterocycles. The fourth-order valence-electron chi connectivity index (χ4n) is 3.41. The van der Waals surface area contributed by atoms with Crippen LogP contribution in [0.3, 0.4) is 0 Å². The van der Waals surface area contributed by atoms with Crippen LogP contribution in [0.4, 0.5) is 17.3 Å². The first kappa shape index (κ1) is 20.2. The summed E-state index contributed by atoms with van der Waals surface area (Å²) < 4.78 is 27.8. The van der Waals surface area contributed by atoms with Gasteiger partial charge in [0, 0.05) is 19.3 Å². The summed E-state index contributed by atoms with van der Waals surface area (Å²) in [6.07, 6.45) is 7.67. The number of hydrogen-bond acceptors (Lipinski definition) is 7. The SMILES string of the molecule is O=S(=O)(NCCNc1ccc(Nc2cccnc2)nn1)c1ccc2c(c1)CCCC2. The third kappa shape index (κ3) is 5.11. The van der Waals surface area contributed by atoms with E-state index in [1.807, 2.05) is 24.3 Å². The lowest BCUT2D eigenvalue weighted by molar-refractivity contribution is 0.582. The fraction of sp³-hybridized carbons (Fsp3) is 0.286. The van der Waals surface area contributed by atoms with Crippen molar-refractivity contribution in [1.82, 2.24) is 19.9 Å². The van der Waals surface area contributed by atoms with Crippen LogP contribution in [0.2, 0.25) is 0 Å². The van der Waals surface area contributed by atoms with Crippen LogP contribution in [-0.2, 0) is 22.9 Å². The molecule has 3 aromatic rings. The van der Waals surface area contributed by atoms with Crippen molar-refractivity contribution in [2.24, 2.45) is 0 Å². The van der Waals surface area contributed by atoms with Crippen molar-refractivity contribution in [2.45, 2.75) is 30.6 Å². The zero-order valence-electron chi connectivity index (χ0n) is 16.5. The molecule has 1 aromatic carbocycles. The molecule has 4 rings (SSSR count). The molecule has 3 N–H and O–H groups in total. The molecule has 2 heterocycles. The Morgan fingerprint density at radius 1 is 0.900 bits per heavy atom. The van der Waals surface area contributed by atoms with Crippen LogP contribution >= 0.6 is 0 Å². The molecule has 0 radical (unpaired) electrons. The number of aryl methyl sites for hydroxylation is 2. The average Bonchev–Trinajstić information content (AvgIpc) is 2.78. The van der Waals surface area contributed by atoms with Gasteiger partial charge in [0.15, 0.2) is 5.82 Å². The molecule has 30 heavy (non-hydrogen) atoms. The second-order valence-corrected chi connectivity index (χ2v) is 8.90. The van der Waals surface area contributed by atoms with E-state index in [0.717, 1.165) is 30.5 Å². The average molecular weight is 425 g/mol. The molecular weight excluding hydrogens is 400 g/mol. The van der Waals surface area contributed by atoms with Crippen molar-refractivity contribution in [3.05, 3.63) is 66.0 Å². The van der Waals surface area contributed by atoms with Gasteiger partial charge >= 0.3 is 0 Å². The van der Waals surface area contributed by atoms with Gasteiger partial charge in [0.05, 0.1) is 16.8 Å². The number of fused-ring (bicyclic) bond motifs is 1. The summed E-state index contributed by atoms with van der Waals surface area (Å²) in [5.74, 6) is 1.17. The summed E-state index contributed by atoms with van der Waals surface area (Å²) in [6.45, 7) is 0.644. The minimum atomic E-state index is -3.53. The number of benzene rings is 1. The van der Waals surface area contributed by atoms with Crippen molar-refractivity contribution in [3.63, 3.8) is 0 Å². The van der Waals surface area contributed by atoms with E-state index in [9.17, 15) is 8.42 Å². The van der Waals surface area contributed by atoms with Crippen molar-refractivity contribution in [2.75, 3.05) is 23.7 Å². The highest BCUT2D eigenvalue weighted by molar-refractivity contribution is 7.89. The Balaban J connectivity index is 1.27. The predicted octanol–water partition coefficient (Wildman–Crippen LogP) is 2.88. The molecule has 156 valence electrons. The van der Waals surface area contributed by atoms with Gasteiger partial charge in [-0.3, -0.25) is 4.98 Å². The number of anilines is 3. The summed E-state index contributed by atoms with van der Waals surface area (Å²) >= 11 is 0. The van der Waals surface area contributed by atoms with E-state index in [1.54, 1.807) is 30.6 Å². The summed E-state index contributed by atoms with van der Waals surface area (Å²) in [5, 5.41) is 14.4. The molecular formula is C21H24N6O2S. The highest BCUT2D eigenvalue weighted by atomic mass is 32.2. The normalized spacial score (nSPS) is 13.5. The Hall–Kier alpha value is -3.04. The van der Waals surface area contributed by atoms with Crippen molar-refractivity contribution in [3.8, 4) is 0 Å². The second kappa shape index (κ2) is 9.19. The standard InChI is InChI=1S/C21H24N6O2S/c28-30(29,19-8-7-16-4-1-2-5-17(16)14-19)24-13-12-23-20-9-10-21(27-26-20)25-18-6-3-11-22-15-18/h3,6-11,14-15,24H,1-2,4-5,12-13H2,(H,23,26)(H,25,27). The maximum absolute atomic E-state index is 12.6. The monoisotopic (exact) mass is 424 g/mol. The van der Waals surface area contributed by atoms with Crippen molar-refractivity contribution < 1.29 is 8.42 Å². The summed E-state index contributed by atoms with van der Waals surface area (Å²) in [6, 6.07) is 12.7. The highest BCUT2D eigenvalue weighted by Crippen LogP contribution is 2.24. The Morgan fingerprint density at radius 3 is 2.47 bits per heavy atom.